The normalized spacial score (nSPS) is 17.8. The molecule has 31 heavy (non-hydrogen) atoms. The molecule has 1 atom stereocenters. The fourth-order valence-electron chi connectivity index (χ4n) is 3.56. The van der Waals surface area contributed by atoms with Crippen molar-refractivity contribution in [2.24, 2.45) is 0 Å². The zero-order valence-corrected chi connectivity index (χ0v) is 16.7. The summed E-state index contributed by atoms with van der Waals surface area (Å²) in [7, 11) is 0. The molecule has 1 amide bonds. The summed E-state index contributed by atoms with van der Waals surface area (Å²) >= 11 is 1.37. The predicted molar refractivity (Wildman–Crippen MR) is 112 cm³/mol. The number of halogens is 1. The molecule has 1 aliphatic heterocycles. The maximum atomic E-state index is 14.7. The van der Waals surface area contributed by atoms with E-state index in [-0.39, 0.29) is 28.9 Å². The number of benzene rings is 2. The molecule has 0 spiro atoms. The van der Waals surface area contributed by atoms with E-state index in [2.05, 4.69) is 0 Å². The lowest BCUT2D eigenvalue weighted by molar-refractivity contribution is -0.384. The number of thiophene rings is 1. The molecule has 3 aromatic rings. The molecule has 0 radical (unpaired) electrons. The van der Waals surface area contributed by atoms with Crippen molar-refractivity contribution in [2.75, 3.05) is 0 Å². The first-order valence-electron chi connectivity index (χ1n) is 9.18. The van der Waals surface area contributed by atoms with Gasteiger partial charge in [0.15, 0.2) is 0 Å². The summed E-state index contributed by atoms with van der Waals surface area (Å²) in [5.74, 6) is -3.10. The number of nitrogens with zero attached hydrogens (tertiary/aromatic N) is 2. The minimum atomic E-state index is -1.18. The first kappa shape index (κ1) is 20.4. The third-order valence-electron chi connectivity index (χ3n) is 4.98. The first-order chi connectivity index (χ1) is 14.9. The zero-order chi connectivity index (χ0) is 22.1. The molecule has 0 bridgehead atoms. The van der Waals surface area contributed by atoms with Crippen molar-refractivity contribution >= 4 is 34.5 Å². The molecule has 9 heteroatoms. The van der Waals surface area contributed by atoms with Crippen LogP contribution in [0, 0.1) is 15.9 Å². The van der Waals surface area contributed by atoms with E-state index in [9.17, 15) is 29.2 Å². The van der Waals surface area contributed by atoms with E-state index in [1.165, 1.54) is 52.6 Å². The Labute approximate surface area is 179 Å². The molecule has 1 aromatic heterocycles. The van der Waals surface area contributed by atoms with Crippen LogP contribution in [0.4, 0.5) is 10.1 Å². The van der Waals surface area contributed by atoms with Crippen LogP contribution in [0.2, 0.25) is 0 Å². The minimum absolute atomic E-state index is 0.00957. The average molecular weight is 438 g/mol. The fraction of sp³-hybridized carbons (Fsp3) is 0.0909. The predicted octanol–water partition coefficient (Wildman–Crippen LogP) is 4.42. The molecule has 1 N–H and O–H groups in total. The number of carbonyl (C=O) groups excluding carboxylic acids is 2. The van der Waals surface area contributed by atoms with Crippen molar-refractivity contribution in [3.63, 3.8) is 0 Å². The molecule has 156 valence electrons. The number of amides is 1. The summed E-state index contributed by atoms with van der Waals surface area (Å²) in [6.07, 6.45) is 0. The lowest BCUT2D eigenvalue weighted by Crippen LogP contribution is -2.29. The second-order valence-electron chi connectivity index (χ2n) is 6.84. The van der Waals surface area contributed by atoms with Gasteiger partial charge in [0.2, 0.25) is 0 Å². The monoisotopic (exact) mass is 438 g/mol. The van der Waals surface area contributed by atoms with E-state index >= 15 is 0 Å². The number of rotatable bonds is 5. The largest absolute Gasteiger partial charge is 0.507 e. The Hall–Kier alpha value is -3.85. The van der Waals surface area contributed by atoms with E-state index in [1.54, 1.807) is 18.2 Å². The highest BCUT2D eigenvalue weighted by atomic mass is 32.1. The van der Waals surface area contributed by atoms with Gasteiger partial charge in [0.05, 0.1) is 23.1 Å². The molecule has 0 aliphatic carbocycles. The van der Waals surface area contributed by atoms with Crippen LogP contribution in [-0.2, 0) is 16.1 Å². The smallest absolute Gasteiger partial charge is 0.295 e. The summed E-state index contributed by atoms with van der Waals surface area (Å²) in [6.45, 7) is 0.0486. The Bertz CT molecular complexity index is 1220. The molecule has 1 saturated heterocycles. The molecule has 1 fully saturated rings. The summed E-state index contributed by atoms with van der Waals surface area (Å²) in [5.41, 5.74) is -0.568. The highest BCUT2D eigenvalue weighted by molar-refractivity contribution is 7.09. The van der Waals surface area contributed by atoms with Crippen molar-refractivity contribution in [3.05, 3.63) is 104 Å². The van der Waals surface area contributed by atoms with E-state index in [1.807, 2.05) is 5.38 Å². The van der Waals surface area contributed by atoms with E-state index in [4.69, 9.17) is 0 Å². The van der Waals surface area contributed by atoms with Crippen molar-refractivity contribution in [1.82, 2.24) is 4.90 Å². The molecule has 7 nitrogen and oxygen atoms in total. The van der Waals surface area contributed by atoms with Gasteiger partial charge in [0.1, 0.15) is 11.6 Å². The molecular weight excluding hydrogens is 423 g/mol. The zero-order valence-electron chi connectivity index (χ0n) is 15.9. The van der Waals surface area contributed by atoms with Crippen LogP contribution >= 0.6 is 11.3 Å². The molecule has 2 heterocycles. The second-order valence-corrected chi connectivity index (χ2v) is 7.87. The maximum Gasteiger partial charge on any atom is 0.295 e. The van der Waals surface area contributed by atoms with E-state index in [0.29, 0.717) is 0 Å². The first-order valence-corrected chi connectivity index (χ1v) is 10.1. The van der Waals surface area contributed by atoms with Gasteiger partial charge in [0, 0.05) is 28.1 Å². The number of carbonyl (C=O) groups is 2. The van der Waals surface area contributed by atoms with Gasteiger partial charge in [-0.2, -0.15) is 0 Å². The van der Waals surface area contributed by atoms with Crippen LogP contribution in [0.25, 0.3) is 5.76 Å². The Balaban J connectivity index is 1.90. The topological polar surface area (TPSA) is 101 Å². The summed E-state index contributed by atoms with van der Waals surface area (Å²) in [6, 6.07) is 13.1. The summed E-state index contributed by atoms with van der Waals surface area (Å²) in [5, 5.41) is 23.8. The maximum absolute atomic E-state index is 14.7. The van der Waals surface area contributed by atoms with Crippen molar-refractivity contribution in [2.45, 2.75) is 12.6 Å². The average Bonchev–Trinajstić information content (AvgIpc) is 3.36. The Morgan fingerprint density at radius 1 is 1.13 bits per heavy atom. The lowest BCUT2D eigenvalue weighted by atomic mass is 9.95. The Kier molecular flexibility index (Phi) is 5.35. The SMILES string of the molecule is O=C1C(=O)N(Cc2cccs2)C(c2ccccc2F)/C1=C(\O)c1cccc([N+](=O)[O-])c1. The quantitative estimate of drug-likeness (QED) is 0.209. The number of Topliss-reactive ketones (excluding diaryl/α,β-unsaturated/α-hetero) is 1. The van der Waals surface area contributed by atoms with Crippen LogP contribution in [0.1, 0.15) is 22.0 Å². The van der Waals surface area contributed by atoms with Gasteiger partial charge >= 0.3 is 0 Å². The van der Waals surface area contributed by atoms with Crippen molar-refractivity contribution in [3.8, 4) is 0 Å². The van der Waals surface area contributed by atoms with Gasteiger partial charge in [-0.25, -0.2) is 4.39 Å². The molecular formula is C22H15FN2O5S. The standard InChI is InChI=1S/C22H15FN2O5S/c23-17-9-2-1-8-16(17)19-18(20(26)13-5-3-6-14(11-13)25(29)30)21(27)22(28)24(19)12-15-7-4-10-31-15/h1-11,19,26H,12H2/b20-18+. The number of aliphatic hydroxyl groups excluding tert-OH is 1. The minimum Gasteiger partial charge on any atom is -0.507 e. The van der Waals surface area contributed by atoms with Crippen LogP contribution in [0.5, 0.6) is 0 Å². The number of ketones is 1. The van der Waals surface area contributed by atoms with Crippen LogP contribution in [-0.4, -0.2) is 26.6 Å². The number of non-ortho nitro benzene ring substituents is 1. The van der Waals surface area contributed by atoms with E-state index < -0.39 is 34.2 Å². The number of hydrogen-bond acceptors (Lipinski definition) is 6. The summed E-state index contributed by atoms with van der Waals surface area (Å²) < 4.78 is 14.7. The Morgan fingerprint density at radius 2 is 1.90 bits per heavy atom. The van der Waals surface area contributed by atoms with Crippen LogP contribution in [0.3, 0.4) is 0 Å². The van der Waals surface area contributed by atoms with Crippen LogP contribution < -0.4 is 0 Å². The van der Waals surface area contributed by atoms with Gasteiger partial charge < -0.3 is 10.0 Å². The highest BCUT2D eigenvalue weighted by Gasteiger charge is 2.47. The number of hydrogen-bond donors (Lipinski definition) is 1. The van der Waals surface area contributed by atoms with Gasteiger partial charge in [-0.3, -0.25) is 19.7 Å². The number of nitro groups is 1. The lowest BCUT2D eigenvalue weighted by Gasteiger charge is -2.25. The number of likely N-dealkylation sites (tertiary alicyclic amines) is 1. The number of nitro benzene ring substituents is 1. The van der Waals surface area contributed by atoms with E-state index in [0.717, 1.165) is 10.9 Å². The van der Waals surface area contributed by atoms with Crippen LogP contribution in [0.15, 0.2) is 71.6 Å². The summed E-state index contributed by atoms with van der Waals surface area (Å²) in [4.78, 5) is 38.2. The van der Waals surface area contributed by atoms with Gasteiger partial charge in [-0.05, 0) is 17.5 Å². The molecule has 1 unspecified atom stereocenters. The molecule has 2 aromatic carbocycles. The Morgan fingerprint density at radius 3 is 2.58 bits per heavy atom. The highest BCUT2D eigenvalue weighted by Crippen LogP contribution is 2.41. The fourth-order valence-corrected chi connectivity index (χ4v) is 4.26. The van der Waals surface area contributed by atoms with Gasteiger partial charge in [-0.1, -0.05) is 36.4 Å². The second kappa shape index (κ2) is 8.11. The molecule has 1 aliphatic rings. The molecule has 0 saturated carbocycles. The van der Waals surface area contributed by atoms with Gasteiger partial charge in [0.25, 0.3) is 17.4 Å². The van der Waals surface area contributed by atoms with Gasteiger partial charge in [-0.15, -0.1) is 11.3 Å². The third kappa shape index (κ3) is 3.71. The third-order valence-corrected chi connectivity index (χ3v) is 5.84. The molecule has 4 rings (SSSR count). The number of aliphatic hydroxyl groups is 1. The van der Waals surface area contributed by atoms with Crippen molar-refractivity contribution in [1.29, 1.82) is 0 Å². The van der Waals surface area contributed by atoms with Crippen molar-refractivity contribution < 1.29 is 24.0 Å².